The predicted molar refractivity (Wildman–Crippen MR) is 167 cm³/mol. The molecule has 0 bridgehead atoms. The van der Waals surface area contributed by atoms with Gasteiger partial charge in [0, 0.05) is 44.1 Å². The molecule has 2 aliphatic rings. The van der Waals surface area contributed by atoms with Gasteiger partial charge in [-0.2, -0.15) is 4.98 Å². The lowest BCUT2D eigenvalue weighted by molar-refractivity contribution is -0.127. The molecule has 4 aromatic heterocycles. The number of H-pyrrole nitrogens is 1. The van der Waals surface area contributed by atoms with Crippen LogP contribution in [0.25, 0.3) is 16.7 Å². The van der Waals surface area contributed by atoms with Crippen molar-refractivity contribution in [1.82, 2.24) is 44.3 Å². The number of nitrogens with two attached hydrogens (primary N) is 1. The molecule has 2 aliphatic heterocycles. The van der Waals surface area contributed by atoms with Crippen molar-refractivity contribution < 1.29 is 28.6 Å². The summed E-state index contributed by atoms with van der Waals surface area (Å²) >= 11 is 0. The van der Waals surface area contributed by atoms with Crippen molar-refractivity contribution in [2.24, 2.45) is 0 Å². The Balaban J connectivity index is 0.000000223. The maximum Gasteiger partial charge on any atom is 0.351 e. The molecule has 2 fully saturated rings. The number of nitrogens with one attached hydrogen (secondary N) is 1. The molecule has 16 nitrogen and oxygen atoms in total. The van der Waals surface area contributed by atoms with Crippen LogP contribution < -0.4 is 11.4 Å². The van der Waals surface area contributed by atoms with Gasteiger partial charge in [-0.15, -0.1) is 5.10 Å². The third-order valence-electron chi connectivity index (χ3n) is 8.05. The SMILES string of the molecule is Nc1ccn([C@H]2CC[C@@H](CO)O2)c(=O)n1.O=C(C(=O)N1CCN(C(=O)c2ccccc2)CC1)c1c[nH]c2c(-n3ccnn3)ncc(F)c12. The molecule has 2 saturated heterocycles. The molecule has 1 aromatic carbocycles. The molecule has 0 spiro atoms. The van der Waals surface area contributed by atoms with E-state index in [4.69, 9.17) is 15.6 Å². The van der Waals surface area contributed by atoms with E-state index in [9.17, 15) is 23.6 Å². The first-order chi connectivity index (χ1) is 23.2. The first kappa shape index (κ1) is 32.1. The topological polar surface area (TPSA) is 207 Å². The van der Waals surface area contributed by atoms with Gasteiger partial charge in [0.1, 0.15) is 12.0 Å². The lowest BCUT2D eigenvalue weighted by Crippen LogP contribution is -2.52. The number of fused-ring (bicyclic) bond motifs is 1. The van der Waals surface area contributed by atoms with Crippen LogP contribution in [0.5, 0.6) is 0 Å². The van der Waals surface area contributed by atoms with Gasteiger partial charge in [-0.05, 0) is 31.0 Å². The molecule has 7 rings (SSSR count). The number of rotatable bonds is 6. The van der Waals surface area contributed by atoms with Gasteiger partial charge in [0.15, 0.2) is 11.6 Å². The molecular formula is C31H31FN10O6. The third kappa shape index (κ3) is 6.53. The number of anilines is 1. The van der Waals surface area contributed by atoms with E-state index in [2.05, 4.69) is 25.3 Å². The van der Waals surface area contributed by atoms with Crippen molar-refractivity contribution in [3.63, 3.8) is 0 Å². The number of carbonyl (C=O) groups is 3. The van der Waals surface area contributed by atoms with Crippen molar-refractivity contribution in [1.29, 1.82) is 0 Å². The number of carbonyl (C=O) groups excluding carboxylic acids is 3. The minimum absolute atomic E-state index is 0.0202. The zero-order valence-electron chi connectivity index (χ0n) is 25.5. The van der Waals surface area contributed by atoms with Crippen LogP contribution in [-0.4, -0.2) is 106 Å². The fourth-order valence-electron chi connectivity index (χ4n) is 5.57. The lowest BCUT2D eigenvalue weighted by atomic mass is 10.1. The number of aliphatic hydroxyl groups is 1. The Labute approximate surface area is 271 Å². The summed E-state index contributed by atoms with van der Waals surface area (Å²) in [5, 5.41) is 16.4. The van der Waals surface area contributed by atoms with Crippen molar-refractivity contribution in [2.45, 2.75) is 25.2 Å². The number of nitrogens with zero attached hydrogens (tertiary/aromatic N) is 8. The quantitative estimate of drug-likeness (QED) is 0.173. The number of piperazine rings is 1. The number of pyridine rings is 1. The molecule has 2 amide bonds. The van der Waals surface area contributed by atoms with E-state index in [0.717, 1.165) is 12.6 Å². The number of aromatic nitrogens is 7. The van der Waals surface area contributed by atoms with Crippen LogP contribution in [0, 0.1) is 5.82 Å². The van der Waals surface area contributed by atoms with Crippen LogP contribution in [0.3, 0.4) is 0 Å². The molecule has 48 heavy (non-hydrogen) atoms. The van der Waals surface area contributed by atoms with E-state index in [-0.39, 0.29) is 66.0 Å². The van der Waals surface area contributed by atoms with E-state index in [1.54, 1.807) is 41.4 Å². The number of ketones is 1. The summed E-state index contributed by atoms with van der Waals surface area (Å²) in [7, 11) is 0. The maximum atomic E-state index is 14.6. The van der Waals surface area contributed by atoms with Gasteiger partial charge in [0.2, 0.25) is 0 Å². The Hall–Kier alpha value is -5.81. The Morgan fingerprint density at radius 3 is 2.46 bits per heavy atom. The molecule has 248 valence electrons. The number of Topliss-reactive ketones (excluding diaryl/α,β-unsaturated/α-hetero) is 1. The average molecular weight is 659 g/mol. The van der Waals surface area contributed by atoms with Gasteiger partial charge in [-0.1, -0.05) is 23.4 Å². The summed E-state index contributed by atoms with van der Waals surface area (Å²) in [5.74, 6) is -1.98. The maximum absolute atomic E-state index is 14.6. The van der Waals surface area contributed by atoms with Crippen LogP contribution in [0.15, 0.2) is 72.2 Å². The predicted octanol–water partition coefficient (Wildman–Crippen LogP) is 0.945. The highest BCUT2D eigenvalue weighted by molar-refractivity contribution is 6.45. The van der Waals surface area contributed by atoms with E-state index in [1.165, 1.54) is 32.7 Å². The second-order valence-electron chi connectivity index (χ2n) is 11.0. The average Bonchev–Trinajstić information content (AvgIpc) is 3.91. The van der Waals surface area contributed by atoms with E-state index in [1.807, 2.05) is 6.07 Å². The van der Waals surface area contributed by atoms with Crippen molar-refractivity contribution in [3.8, 4) is 5.82 Å². The Morgan fingerprint density at radius 2 is 1.79 bits per heavy atom. The molecule has 6 heterocycles. The lowest BCUT2D eigenvalue weighted by Gasteiger charge is -2.34. The summed E-state index contributed by atoms with van der Waals surface area (Å²) in [4.78, 5) is 63.4. The first-order valence-electron chi connectivity index (χ1n) is 15.1. The van der Waals surface area contributed by atoms with Crippen LogP contribution in [0.4, 0.5) is 10.2 Å². The molecule has 0 unspecified atom stereocenters. The summed E-state index contributed by atoms with van der Waals surface area (Å²) in [6.45, 7) is 0.998. The molecule has 0 radical (unpaired) electrons. The monoisotopic (exact) mass is 658 g/mol. The van der Waals surface area contributed by atoms with Crippen LogP contribution in [0.1, 0.15) is 39.8 Å². The Kier molecular flexibility index (Phi) is 9.31. The van der Waals surface area contributed by atoms with Crippen LogP contribution in [-0.2, 0) is 9.53 Å². The molecule has 5 aromatic rings. The number of amides is 2. The largest absolute Gasteiger partial charge is 0.394 e. The van der Waals surface area contributed by atoms with Gasteiger partial charge in [-0.25, -0.2) is 18.9 Å². The van der Waals surface area contributed by atoms with Gasteiger partial charge in [0.05, 0.1) is 47.8 Å². The molecule has 4 N–H and O–H groups in total. The molecule has 17 heteroatoms. The van der Waals surface area contributed by atoms with E-state index in [0.29, 0.717) is 25.1 Å². The second kappa shape index (κ2) is 13.9. The van der Waals surface area contributed by atoms with Crippen molar-refractivity contribution in [3.05, 3.63) is 94.8 Å². The zero-order chi connectivity index (χ0) is 33.8. The normalized spacial score (nSPS) is 17.6. The number of benzene rings is 1. The second-order valence-corrected chi connectivity index (χ2v) is 11.0. The minimum atomic E-state index is -0.835. The smallest absolute Gasteiger partial charge is 0.351 e. The summed E-state index contributed by atoms with van der Waals surface area (Å²) in [5.41, 5.74) is 5.67. The van der Waals surface area contributed by atoms with Crippen LogP contribution in [0.2, 0.25) is 0 Å². The standard InChI is InChI=1S/C22H18FN7O3.C9H13N3O3/c23-16-13-25-20(30-7-6-26-27-30)18-17(16)15(12-24-18)19(31)22(33)29-10-8-28(9-11-29)21(32)14-4-2-1-3-5-14;10-7-3-4-12(9(14)11-7)8-2-1-6(5-13)15-8/h1-7,12-13,24H,8-11H2;3-4,6,8,13H,1-2,5H2,(H2,10,11,14)/t;6-,8+/m.0/s1. The van der Waals surface area contributed by atoms with Gasteiger partial charge >= 0.3 is 5.69 Å². The number of ether oxygens (including phenoxy) is 1. The van der Waals surface area contributed by atoms with Crippen molar-refractivity contribution >= 4 is 34.3 Å². The highest BCUT2D eigenvalue weighted by atomic mass is 19.1. The van der Waals surface area contributed by atoms with E-state index < -0.39 is 23.2 Å². The van der Waals surface area contributed by atoms with Crippen molar-refractivity contribution in [2.75, 3.05) is 38.5 Å². The number of halogens is 1. The molecule has 2 atom stereocenters. The van der Waals surface area contributed by atoms with Gasteiger partial charge in [0.25, 0.3) is 17.6 Å². The highest BCUT2D eigenvalue weighted by Crippen LogP contribution is 2.27. The van der Waals surface area contributed by atoms with E-state index >= 15 is 0 Å². The zero-order valence-corrected chi connectivity index (χ0v) is 25.5. The summed E-state index contributed by atoms with van der Waals surface area (Å²) in [6.07, 6.45) is 7.75. The Bertz CT molecular complexity index is 1990. The third-order valence-corrected chi connectivity index (χ3v) is 8.05. The summed E-state index contributed by atoms with van der Waals surface area (Å²) < 4.78 is 22.8. The van der Waals surface area contributed by atoms with Gasteiger partial charge < -0.3 is 30.4 Å². The molecule has 0 saturated carbocycles. The molecular weight excluding hydrogens is 627 g/mol. The fraction of sp³-hybridized carbons (Fsp3) is 0.290. The Morgan fingerprint density at radius 1 is 1.04 bits per heavy atom. The number of hydrogen-bond acceptors (Lipinski definition) is 11. The number of nitrogen functional groups attached to an aromatic ring is 1. The summed E-state index contributed by atoms with van der Waals surface area (Å²) in [6, 6.07) is 10.4. The number of aliphatic hydroxyl groups excluding tert-OH is 1. The highest BCUT2D eigenvalue weighted by Gasteiger charge is 2.31. The van der Waals surface area contributed by atoms with Gasteiger partial charge in [-0.3, -0.25) is 19.0 Å². The number of hydrogen-bond donors (Lipinski definition) is 3. The number of aromatic amines is 1. The fourth-order valence-corrected chi connectivity index (χ4v) is 5.57. The molecule has 0 aliphatic carbocycles. The van der Waals surface area contributed by atoms with Crippen LogP contribution >= 0.6 is 0 Å². The minimum Gasteiger partial charge on any atom is -0.394 e. The first-order valence-corrected chi connectivity index (χ1v) is 15.1.